The van der Waals surface area contributed by atoms with Gasteiger partial charge < -0.3 is 5.32 Å². The average Bonchev–Trinajstić information content (AvgIpc) is 3.18. The first-order valence-corrected chi connectivity index (χ1v) is 6.40. The SMILES string of the molecule is O=C(NC1CCCc2nccnc21)C12CC1C2. The maximum Gasteiger partial charge on any atom is 0.227 e. The van der Waals surface area contributed by atoms with E-state index in [4.69, 9.17) is 0 Å². The normalized spacial score (nSPS) is 36.7. The number of carbonyl (C=O) groups is 1. The van der Waals surface area contributed by atoms with Gasteiger partial charge in [0, 0.05) is 12.4 Å². The van der Waals surface area contributed by atoms with E-state index in [1.54, 1.807) is 12.4 Å². The largest absolute Gasteiger partial charge is 0.347 e. The van der Waals surface area contributed by atoms with Gasteiger partial charge in [-0.1, -0.05) is 0 Å². The zero-order chi connectivity index (χ0) is 11.5. The van der Waals surface area contributed by atoms with Gasteiger partial charge in [-0.15, -0.1) is 0 Å². The summed E-state index contributed by atoms with van der Waals surface area (Å²) in [6.07, 6.45) is 8.75. The highest BCUT2D eigenvalue weighted by molar-refractivity contribution is 5.90. The van der Waals surface area contributed by atoms with E-state index in [0.29, 0.717) is 5.92 Å². The molecule has 1 aromatic rings. The topological polar surface area (TPSA) is 54.9 Å². The predicted octanol–water partition coefficient (Wildman–Crippen LogP) is 1.38. The fourth-order valence-corrected chi connectivity index (χ4v) is 2.99. The summed E-state index contributed by atoms with van der Waals surface area (Å²) < 4.78 is 0. The summed E-state index contributed by atoms with van der Waals surface area (Å²) in [4.78, 5) is 20.8. The first-order chi connectivity index (χ1) is 8.29. The van der Waals surface area contributed by atoms with Gasteiger partial charge in [-0.2, -0.15) is 0 Å². The van der Waals surface area contributed by atoms with Crippen LogP contribution in [0.5, 0.6) is 0 Å². The van der Waals surface area contributed by atoms with Crippen LogP contribution in [0.1, 0.15) is 43.1 Å². The smallest absolute Gasteiger partial charge is 0.227 e. The van der Waals surface area contributed by atoms with Crippen molar-refractivity contribution in [3.05, 3.63) is 23.8 Å². The number of nitrogens with zero attached hydrogens (tertiary/aromatic N) is 2. The molecule has 3 aliphatic carbocycles. The van der Waals surface area contributed by atoms with Crippen LogP contribution in [0.25, 0.3) is 0 Å². The molecule has 1 amide bonds. The molecule has 88 valence electrons. The Morgan fingerprint density at radius 2 is 2.12 bits per heavy atom. The first-order valence-electron chi connectivity index (χ1n) is 6.40. The molecule has 0 radical (unpaired) electrons. The molecule has 0 bridgehead atoms. The lowest BCUT2D eigenvalue weighted by molar-refractivity contribution is -0.125. The molecule has 17 heavy (non-hydrogen) atoms. The lowest BCUT2D eigenvalue weighted by atomic mass is 9.95. The van der Waals surface area contributed by atoms with E-state index >= 15 is 0 Å². The van der Waals surface area contributed by atoms with Crippen molar-refractivity contribution in [2.45, 2.75) is 38.1 Å². The van der Waals surface area contributed by atoms with Crippen molar-refractivity contribution in [3.8, 4) is 0 Å². The van der Waals surface area contributed by atoms with Crippen molar-refractivity contribution in [1.29, 1.82) is 0 Å². The summed E-state index contributed by atoms with van der Waals surface area (Å²) in [5.74, 6) is 0.957. The van der Waals surface area contributed by atoms with Crippen LogP contribution in [0.3, 0.4) is 0 Å². The molecule has 0 spiro atoms. The molecule has 4 heteroatoms. The summed E-state index contributed by atoms with van der Waals surface area (Å²) in [6, 6.07) is 0.0937. The Morgan fingerprint density at radius 3 is 2.88 bits per heavy atom. The van der Waals surface area contributed by atoms with Crippen molar-refractivity contribution >= 4 is 5.91 Å². The number of hydrogen-bond acceptors (Lipinski definition) is 3. The zero-order valence-electron chi connectivity index (χ0n) is 9.65. The van der Waals surface area contributed by atoms with Crippen molar-refractivity contribution in [1.82, 2.24) is 15.3 Å². The molecule has 1 N–H and O–H groups in total. The Bertz CT molecular complexity index is 493. The van der Waals surface area contributed by atoms with Crippen molar-refractivity contribution in [3.63, 3.8) is 0 Å². The summed E-state index contributed by atoms with van der Waals surface area (Å²) >= 11 is 0. The number of nitrogens with one attached hydrogen (secondary N) is 1. The van der Waals surface area contributed by atoms with Crippen LogP contribution in [0.15, 0.2) is 12.4 Å². The van der Waals surface area contributed by atoms with E-state index in [0.717, 1.165) is 43.5 Å². The molecule has 1 aromatic heterocycles. The van der Waals surface area contributed by atoms with Crippen LogP contribution in [-0.2, 0) is 11.2 Å². The van der Waals surface area contributed by atoms with E-state index in [1.807, 2.05) is 0 Å². The molecule has 2 saturated carbocycles. The average molecular weight is 229 g/mol. The van der Waals surface area contributed by atoms with Crippen LogP contribution in [0.2, 0.25) is 0 Å². The summed E-state index contributed by atoms with van der Waals surface area (Å²) in [6.45, 7) is 0. The van der Waals surface area contributed by atoms with E-state index in [-0.39, 0.29) is 17.4 Å². The number of aryl methyl sites for hydroxylation is 1. The highest BCUT2D eigenvalue weighted by Gasteiger charge is 2.74. The summed E-state index contributed by atoms with van der Waals surface area (Å²) in [5, 5.41) is 3.18. The number of fused-ring (bicyclic) bond motifs is 2. The lowest BCUT2D eigenvalue weighted by Crippen LogP contribution is -2.34. The van der Waals surface area contributed by atoms with Gasteiger partial charge in [0.05, 0.1) is 22.8 Å². The zero-order valence-corrected chi connectivity index (χ0v) is 9.65. The van der Waals surface area contributed by atoms with Gasteiger partial charge in [-0.05, 0) is 38.0 Å². The van der Waals surface area contributed by atoms with E-state index in [2.05, 4.69) is 15.3 Å². The van der Waals surface area contributed by atoms with Gasteiger partial charge in [0.15, 0.2) is 0 Å². The second-order valence-electron chi connectivity index (χ2n) is 5.57. The Balaban J connectivity index is 1.56. The van der Waals surface area contributed by atoms with Crippen LogP contribution in [-0.4, -0.2) is 15.9 Å². The van der Waals surface area contributed by atoms with Gasteiger partial charge in [0.25, 0.3) is 0 Å². The molecule has 0 saturated heterocycles. The maximum atomic E-state index is 12.1. The van der Waals surface area contributed by atoms with Crippen molar-refractivity contribution < 1.29 is 4.79 Å². The number of amides is 1. The molecule has 4 rings (SSSR count). The highest BCUT2D eigenvalue weighted by Crippen LogP contribution is 2.75. The Hall–Kier alpha value is -1.45. The van der Waals surface area contributed by atoms with Gasteiger partial charge in [0.2, 0.25) is 5.91 Å². The number of hydrogen-bond donors (Lipinski definition) is 1. The molecule has 1 unspecified atom stereocenters. The molecule has 4 nitrogen and oxygen atoms in total. The minimum absolute atomic E-state index is 0.0554. The van der Waals surface area contributed by atoms with Crippen molar-refractivity contribution in [2.75, 3.05) is 0 Å². The predicted molar refractivity (Wildman–Crippen MR) is 61.0 cm³/mol. The minimum atomic E-state index is 0.0554. The highest BCUT2D eigenvalue weighted by atomic mass is 16.2. The van der Waals surface area contributed by atoms with E-state index < -0.39 is 0 Å². The Labute approximate surface area is 99.8 Å². The molecule has 0 aliphatic heterocycles. The monoisotopic (exact) mass is 229 g/mol. The Morgan fingerprint density at radius 1 is 1.35 bits per heavy atom. The molecular formula is C13H15N3O. The van der Waals surface area contributed by atoms with Gasteiger partial charge in [-0.25, -0.2) is 0 Å². The fourth-order valence-electron chi connectivity index (χ4n) is 2.99. The third-order valence-electron chi connectivity index (χ3n) is 4.48. The Kier molecular flexibility index (Phi) is 1.72. The fraction of sp³-hybridized carbons (Fsp3) is 0.615. The second-order valence-corrected chi connectivity index (χ2v) is 5.57. The van der Waals surface area contributed by atoms with Crippen LogP contribution < -0.4 is 5.32 Å². The quantitative estimate of drug-likeness (QED) is 0.833. The van der Waals surface area contributed by atoms with Crippen molar-refractivity contribution in [2.24, 2.45) is 11.3 Å². The molecule has 0 aromatic carbocycles. The molecular weight excluding hydrogens is 214 g/mol. The number of aromatic nitrogens is 2. The molecule has 2 fully saturated rings. The van der Waals surface area contributed by atoms with Gasteiger partial charge in [-0.3, -0.25) is 14.8 Å². The van der Waals surface area contributed by atoms with Gasteiger partial charge >= 0.3 is 0 Å². The number of carbonyl (C=O) groups excluding carboxylic acids is 1. The molecule has 1 heterocycles. The standard InChI is InChI=1S/C13H15N3O/c17-12(13-6-8(13)7-13)16-10-3-1-2-9-11(10)15-5-4-14-9/h4-5,8,10H,1-3,6-7H2,(H,16,17). The maximum absolute atomic E-state index is 12.1. The second kappa shape index (κ2) is 3.06. The van der Waals surface area contributed by atoms with E-state index in [1.165, 1.54) is 0 Å². The van der Waals surface area contributed by atoms with E-state index in [9.17, 15) is 4.79 Å². The molecule has 1 atom stereocenters. The summed E-state index contributed by atoms with van der Waals surface area (Å²) in [5.41, 5.74) is 2.10. The third kappa shape index (κ3) is 1.33. The third-order valence-corrected chi connectivity index (χ3v) is 4.48. The van der Waals surface area contributed by atoms with Crippen LogP contribution in [0.4, 0.5) is 0 Å². The van der Waals surface area contributed by atoms with Crippen LogP contribution in [0, 0.1) is 11.3 Å². The minimum Gasteiger partial charge on any atom is -0.347 e. The molecule has 3 aliphatic rings. The van der Waals surface area contributed by atoms with Crippen LogP contribution >= 0.6 is 0 Å². The first kappa shape index (κ1) is 9.57. The number of rotatable bonds is 2. The lowest BCUT2D eigenvalue weighted by Gasteiger charge is -2.24. The van der Waals surface area contributed by atoms with Gasteiger partial charge in [0.1, 0.15) is 0 Å². The summed E-state index contributed by atoms with van der Waals surface area (Å²) in [7, 11) is 0.